The van der Waals surface area contributed by atoms with Crippen molar-refractivity contribution >= 4 is 22.9 Å². The second-order valence-corrected chi connectivity index (χ2v) is 8.51. The van der Waals surface area contributed by atoms with Crippen molar-refractivity contribution in [2.75, 3.05) is 31.5 Å². The van der Waals surface area contributed by atoms with E-state index < -0.39 is 17.6 Å². The van der Waals surface area contributed by atoms with Crippen molar-refractivity contribution in [3.05, 3.63) is 83.4 Å². The van der Waals surface area contributed by atoms with Crippen LogP contribution in [0.4, 0.5) is 19.1 Å². The molecule has 5 rings (SSSR count). The van der Waals surface area contributed by atoms with Crippen LogP contribution in [0, 0.1) is 0 Å². The van der Waals surface area contributed by atoms with Crippen LogP contribution in [0.5, 0.6) is 0 Å². The first-order valence-electron chi connectivity index (χ1n) is 11.4. The molecule has 1 fully saturated rings. The Bertz CT molecular complexity index is 1340. The van der Waals surface area contributed by atoms with Crippen molar-refractivity contribution in [2.24, 2.45) is 0 Å². The van der Waals surface area contributed by atoms with Crippen LogP contribution in [0.25, 0.3) is 22.2 Å². The summed E-state index contributed by atoms with van der Waals surface area (Å²) in [5.41, 5.74) is 3.55. The summed E-state index contributed by atoms with van der Waals surface area (Å²) in [7, 11) is 0. The van der Waals surface area contributed by atoms with Gasteiger partial charge in [0.2, 0.25) is 5.95 Å². The maximum absolute atomic E-state index is 13.1. The van der Waals surface area contributed by atoms with E-state index in [2.05, 4.69) is 31.6 Å². The second kappa shape index (κ2) is 9.52. The number of hydrogen-bond acceptors (Lipinski definition) is 4. The van der Waals surface area contributed by atoms with Crippen molar-refractivity contribution in [3.8, 4) is 11.1 Å². The van der Waals surface area contributed by atoms with Gasteiger partial charge < -0.3 is 10.3 Å². The highest BCUT2D eigenvalue weighted by molar-refractivity contribution is 6.05. The van der Waals surface area contributed by atoms with Gasteiger partial charge >= 0.3 is 6.18 Å². The van der Waals surface area contributed by atoms with Gasteiger partial charge in [-0.2, -0.15) is 13.2 Å². The molecule has 0 saturated carbocycles. The minimum absolute atomic E-state index is 0.0945. The predicted octanol–water partition coefficient (Wildman–Crippen LogP) is 4.91. The van der Waals surface area contributed by atoms with Crippen LogP contribution in [0.15, 0.2) is 66.7 Å². The van der Waals surface area contributed by atoms with Gasteiger partial charge in [0.25, 0.3) is 5.91 Å². The summed E-state index contributed by atoms with van der Waals surface area (Å²) < 4.78 is 39.2. The van der Waals surface area contributed by atoms with Crippen molar-refractivity contribution in [2.45, 2.75) is 12.7 Å². The average molecular weight is 480 g/mol. The zero-order valence-corrected chi connectivity index (χ0v) is 18.8. The molecule has 0 bridgehead atoms. The van der Waals surface area contributed by atoms with E-state index in [4.69, 9.17) is 0 Å². The molecule has 180 valence electrons. The Morgan fingerprint density at radius 1 is 1.00 bits per heavy atom. The number of imidazole rings is 1. The molecule has 6 nitrogen and oxygen atoms in total. The number of carbonyl (C=O) groups is 1. The van der Waals surface area contributed by atoms with Crippen LogP contribution in [0.1, 0.15) is 21.5 Å². The maximum atomic E-state index is 13.1. The molecular weight excluding hydrogens is 455 g/mol. The zero-order valence-electron chi connectivity index (χ0n) is 18.8. The number of aromatic nitrogens is 2. The van der Waals surface area contributed by atoms with Gasteiger partial charge in [0, 0.05) is 43.9 Å². The van der Waals surface area contributed by atoms with Crippen LogP contribution in [-0.4, -0.2) is 47.0 Å². The first-order chi connectivity index (χ1) is 16.9. The summed E-state index contributed by atoms with van der Waals surface area (Å²) in [6.07, 6.45) is -4.53. The monoisotopic (exact) mass is 479 g/mol. The molecule has 0 radical (unpaired) electrons. The molecule has 9 heteroatoms. The SMILES string of the molecule is O=C(Nc1nc2c(-c3ccccc3)c(CN3CCNCC3)ccc2[nH]1)c1cccc(C(F)(F)F)c1. The molecule has 35 heavy (non-hydrogen) atoms. The third-order valence-corrected chi connectivity index (χ3v) is 6.09. The van der Waals surface area contributed by atoms with Crippen LogP contribution >= 0.6 is 0 Å². The molecule has 1 amide bonds. The summed E-state index contributed by atoms with van der Waals surface area (Å²) in [4.78, 5) is 22.8. The Labute approximate surface area is 200 Å². The number of benzene rings is 3. The minimum atomic E-state index is -4.53. The van der Waals surface area contributed by atoms with E-state index in [-0.39, 0.29) is 11.5 Å². The molecule has 0 spiro atoms. The lowest BCUT2D eigenvalue weighted by molar-refractivity contribution is -0.137. The Balaban J connectivity index is 1.49. The number of H-pyrrole nitrogens is 1. The van der Waals surface area contributed by atoms with Crippen molar-refractivity contribution in [3.63, 3.8) is 0 Å². The number of piperazine rings is 1. The first kappa shape index (κ1) is 23.1. The average Bonchev–Trinajstić information content (AvgIpc) is 3.27. The van der Waals surface area contributed by atoms with E-state index in [0.717, 1.165) is 67.1 Å². The van der Waals surface area contributed by atoms with E-state index in [1.165, 1.54) is 12.1 Å². The third kappa shape index (κ3) is 5.06. The molecule has 1 aliphatic heterocycles. The van der Waals surface area contributed by atoms with Crippen molar-refractivity contribution in [1.29, 1.82) is 0 Å². The van der Waals surface area contributed by atoms with Crippen molar-refractivity contribution in [1.82, 2.24) is 20.2 Å². The second-order valence-electron chi connectivity index (χ2n) is 8.51. The summed E-state index contributed by atoms with van der Waals surface area (Å²) in [6, 6.07) is 18.2. The number of alkyl halides is 3. The third-order valence-electron chi connectivity index (χ3n) is 6.09. The fourth-order valence-corrected chi connectivity index (χ4v) is 4.36. The Hall–Kier alpha value is -3.69. The molecule has 0 aliphatic carbocycles. The summed E-state index contributed by atoms with van der Waals surface area (Å²) >= 11 is 0. The lowest BCUT2D eigenvalue weighted by Gasteiger charge is -2.28. The zero-order chi connectivity index (χ0) is 24.4. The Morgan fingerprint density at radius 3 is 2.51 bits per heavy atom. The number of hydrogen-bond donors (Lipinski definition) is 3. The lowest BCUT2D eigenvalue weighted by atomic mass is 9.97. The molecule has 3 N–H and O–H groups in total. The van der Waals surface area contributed by atoms with Gasteiger partial charge in [0.1, 0.15) is 0 Å². The molecule has 0 atom stereocenters. The van der Waals surface area contributed by atoms with Gasteiger partial charge in [-0.1, -0.05) is 42.5 Å². The summed E-state index contributed by atoms with van der Waals surface area (Å²) in [5.74, 6) is -0.489. The summed E-state index contributed by atoms with van der Waals surface area (Å²) in [6.45, 7) is 4.55. The number of rotatable bonds is 5. The number of fused-ring (bicyclic) bond motifs is 1. The summed E-state index contributed by atoms with van der Waals surface area (Å²) in [5, 5.41) is 5.98. The largest absolute Gasteiger partial charge is 0.416 e. The molecule has 4 aromatic rings. The van der Waals surface area contributed by atoms with Gasteiger partial charge in [0.15, 0.2) is 0 Å². The van der Waals surface area contributed by atoms with Gasteiger partial charge in [-0.3, -0.25) is 15.0 Å². The fraction of sp³-hybridized carbons (Fsp3) is 0.231. The minimum Gasteiger partial charge on any atom is -0.324 e. The van der Waals surface area contributed by atoms with Crippen LogP contribution < -0.4 is 10.6 Å². The molecule has 1 saturated heterocycles. The number of halogens is 3. The van der Waals surface area contributed by atoms with Gasteiger partial charge in [0.05, 0.1) is 16.6 Å². The highest BCUT2D eigenvalue weighted by Gasteiger charge is 2.31. The standard InChI is InChI=1S/C26H24F3N5O/c27-26(28,29)20-8-4-7-18(15-20)24(35)33-25-31-21-10-9-19(16-34-13-11-30-12-14-34)22(23(21)32-25)17-5-2-1-3-6-17/h1-10,15,30H,11-14,16H2,(H2,31,32,33,35). The maximum Gasteiger partial charge on any atom is 0.416 e. The lowest BCUT2D eigenvalue weighted by Crippen LogP contribution is -2.42. The fourth-order valence-electron chi connectivity index (χ4n) is 4.36. The van der Waals surface area contributed by atoms with Crippen LogP contribution in [0.2, 0.25) is 0 Å². The van der Waals surface area contributed by atoms with E-state index in [1.54, 1.807) is 0 Å². The molecule has 1 aromatic heterocycles. The smallest absolute Gasteiger partial charge is 0.324 e. The topological polar surface area (TPSA) is 73.1 Å². The Kier molecular flexibility index (Phi) is 6.27. The van der Waals surface area contributed by atoms with E-state index in [1.807, 2.05) is 36.4 Å². The molecule has 2 heterocycles. The van der Waals surface area contributed by atoms with Crippen LogP contribution in [0.3, 0.4) is 0 Å². The number of carbonyl (C=O) groups excluding carboxylic acids is 1. The van der Waals surface area contributed by atoms with Crippen LogP contribution in [-0.2, 0) is 12.7 Å². The highest BCUT2D eigenvalue weighted by atomic mass is 19.4. The number of aromatic amines is 1. The normalized spacial score (nSPS) is 14.8. The highest BCUT2D eigenvalue weighted by Crippen LogP contribution is 2.33. The van der Waals surface area contributed by atoms with Gasteiger partial charge in [-0.25, -0.2) is 4.98 Å². The van der Waals surface area contributed by atoms with E-state index >= 15 is 0 Å². The predicted molar refractivity (Wildman–Crippen MR) is 129 cm³/mol. The molecule has 3 aromatic carbocycles. The van der Waals surface area contributed by atoms with Gasteiger partial charge in [-0.15, -0.1) is 0 Å². The molecule has 0 unspecified atom stereocenters. The number of amides is 1. The number of nitrogens with zero attached hydrogens (tertiary/aromatic N) is 2. The van der Waals surface area contributed by atoms with Crippen molar-refractivity contribution < 1.29 is 18.0 Å². The first-order valence-corrected chi connectivity index (χ1v) is 11.4. The molecule has 1 aliphatic rings. The van der Waals surface area contributed by atoms with E-state index in [0.29, 0.717) is 5.52 Å². The quantitative estimate of drug-likeness (QED) is 0.381. The Morgan fingerprint density at radius 2 is 1.77 bits per heavy atom. The number of nitrogens with one attached hydrogen (secondary N) is 3. The van der Waals surface area contributed by atoms with E-state index in [9.17, 15) is 18.0 Å². The number of anilines is 1. The molecular formula is C26H24F3N5O. The van der Waals surface area contributed by atoms with Gasteiger partial charge in [-0.05, 0) is 35.4 Å².